The van der Waals surface area contributed by atoms with Gasteiger partial charge < -0.3 is 4.74 Å². The number of para-hydroxylation sites is 1. The Hall–Kier alpha value is -3.61. The fraction of sp³-hybridized carbons (Fsp3) is 0.154. The molecule has 2 aliphatic rings. The SMILES string of the molecule is COc1ccc(/C=C\[C@@H]2[C@@H]3C(=O)N(c4ccc(Cl)cc4)C(=O)[C@@H]3ON2c2ccccc2)cc1. The summed E-state index contributed by atoms with van der Waals surface area (Å²) in [5.41, 5.74) is 2.20. The molecule has 7 heteroatoms. The van der Waals surface area contributed by atoms with Crippen molar-refractivity contribution >= 4 is 40.9 Å². The van der Waals surface area contributed by atoms with Gasteiger partial charge in [-0.2, -0.15) is 0 Å². The van der Waals surface area contributed by atoms with Crippen molar-refractivity contribution in [2.75, 3.05) is 17.1 Å². The fourth-order valence-electron chi connectivity index (χ4n) is 4.22. The van der Waals surface area contributed by atoms with Crippen LogP contribution >= 0.6 is 11.6 Å². The Morgan fingerprint density at radius 1 is 0.879 bits per heavy atom. The Morgan fingerprint density at radius 3 is 2.24 bits per heavy atom. The molecule has 0 bridgehead atoms. The van der Waals surface area contributed by atoms with Crippen molar-refractivity contribution in [2.24, 2.45) is 5.92 Å². The highest BCUT2D eigenvalue weighted by molar-refractivity contribution is 6.31. The molecular formula is C26H21ClN2O4. The first kappa shape index (κ1) is 21.2. The number of hydroxylamine groups is 1. The lowest BCUT2D eigenvalue weighted by Crippen LogP contribution is -2.39. The van der Waals surface area contributed by atoms with E-state index in [2.05, 4.69) is 0 Å². The monoisotopic (exact) mass is 460 g/mol. The number of carbonyl (C=O) groups is 2. The van der Waals surface area contributed by atoms with Gasteiger partial charge in [-0.05, 0) is 54.1 Å². The molecule has 2 aliphatic heterocycles. The molecule has 33 heavy (non-hydrogen) atoms. The van der Waals surface area contributed by atoms with Gasteiger partial charge in [0.2, 0.25) is 5.91 Å². The maximum Gasteiger partial charge on any atom is 0.266 e. The molecule has 2 fully saturated rings. The molecule has 2 heterocycles. The summed E-state index contributed by atoms with van der Waals surface area (Å²) in [6.07, 6.45) is 2.93. The molecule has 0 unspecified atom stereocenters. The van der Waals surface area contributed by atoms with Crippen molar-refractivity contribution in [3.05, 3.63) is 95.5 Å². The van der Waals surface area contributed by atoms with Gasteiger partial charge in [-0.25, -0.2) is 9.96 Å². The number of hydrogen-bond acceptors (Lipinski definition) is 5. The average molecular weight is 461 g/mol. The van der Waals surface area contributed by atoms with E-state index >= 15 is 0 Å². The summed E-state index contributed by atoms with van der Waals surface area (Å²) in [6.45, 7) is 0. The standard InChI is InChI=1S/C26H21ClN2O4/c1-32-21-14-7-17(8-15-21)9-16-22-23-24(33-29(22)20-5-3-2-4-6-20)26(31)28(25(23)30)19-12-10-18(27)11-13-19/h2-16,22-24H,1H3/b16-9-/t22-,23+,24-/m1/s1. The molecule has 0 spiro atoms. The molecule has 0 saturated carbocycles. The molecule has 0 N–H and O–H groups in total. The van der Waals surface area contributed by atoms with E-state index in [9.17, 15) is 9.59 Å². The molecular weight excluding hydrogens is 440 g/mol. The molecule has 2 saturated heterocycles. The first-order valence-electron chi connectivity index (χ1n) is 10.5. The number of nitrogens with zero attached hydrogens (tertiary/aromatic N) is 2. The quantitative estimate of drug-likeness (QED) is 0.515. The summed E-state index contributed by atoms with van der Waals surface area (Å²) in [7, 11) is 1.62. The second-order valence-corrected chi connectivity index (χ2v) is 8.26. The van der Waals surface area contributed by atoms with Crippen LogP contribution in [-0.2, 0) is 14.4 Å². The summed E-state index contributed by atoms with van der Waals surface area (Å²) < 4.78 is 5.22. The molecule has 3 atom stereocenters. The zero-order chi connectivity index (χ0) is 22.9. The summed E-state index contributed by atoms with van der Waals surface area (Å²) >= 11 is 5.98. The van der Waals surface area contributed by atoms with Crippen LogP contribution in [0.3, 0.4) is 0 Å². The number of imide groups is 1. The highest BCUT2D eigenvalue weighted by atomic mass is 35.5. The van der Waals surface area contributed by atoms with Gasteiger partial charge in [0.1, 0.15) is 11.7 Å². The second kappa shape index (κ2) is 8.73. The Balaban J connectivity index is 1.49. The number of anilines is 2. The fourth-order valence-corrected chi connectivity index (χ4v) is 4.34. The summed E-state index contributed by atoms with van der Waals surface area (Å²) in [4.78, 5) is 34.0. The highest BCUT2D eigenvalue weighted by Gasteiger charge is 2.59. The van der Waals surface area contributed by atoms with Crippen LogP contribution in [0.4, 0.5) is 11.4 Å². The maximum atomic E-state index is 13.5. The summed E-state index contributed by atoms with van der Waals surface area (Å²) in [5.74, 6) is -0.593. The van der Waals surface area contributed by atoms with E-state index in [4.69, 9.17) is 21.2 Å². The number of benzene rings is 3. The molecule has 2 amide bonds. The van der Waals surface area contributed by atoms with E-state index in [1.807, 2.05) is 66.7 Å². The minimum absolute atomic E-state index is 0.296. The maximum absolute atomic E-state index is 13.5. The Kier molecular flexibility index (Phi) is 5.62. The van der Waals surface area contributed by atoms with Gasteiger partial charge in [0.15, 0.2) is 6.10 Å². The number of hydrogen-bond donors (Lipinski definition) is 0. The molecule has 6 nitrogen and oxygen atoms in total. The number of halogens is 1. The molecule has 3 aromatic rings. The Bertz CT molecular complexity index is 1200. The first-order chi connectivity index (χ1) is 16.1. The predicted molar refractivity (Wildman–Crippen MR) is 127 cm³/mol. The molecule has 5 rings (SSSR count). The normalized spacial score (nSPS) is 22.3. The zero-order valence-electron chi connectivity index (χ0n) is 17.8. The van der Waals surface area contributed by atoms with Crippen molar-refractivity contribution in [1.29, 1.82) is 0 Å². The first-order valence-corrected chi connectivity index (χ1v) is 10.9. The zero-order valence-corrected chi connectivity index (χ0v) is 18.6. The van der Waals surface area contributed by atoms with Gasteiger partial charge in [0.25, 0.3) is 5.91 Å². The predicted octanol–water partition coefficient (Wildman–Crippen LogP) is 4.74. The second-order valence-electron chi connectivity index (χ2n) is 7.82. The number of rotatable bonds is 5. The molecule has 0 radical (unpaired) electrons. The van der Waals surface area contributed by atoms with E-state index in [0.29, 0.717) is 10.7 Å². The lowest BCUT2D eigenvalue weighted by molar-refractivity contribution is -0.126. The van der Waals surface area contributed by atoms with E-state index < -0.39 is 18.1 Å². The van der Waals surface area contributed by atoms with Crippen LogP contribution in [-0.4, -0.2) is 31.1 Å². The van der Waals surface area contributed by atoms with Crippen molar-refractivity contribution in [3.8, 4) is 5.75 Å². The third-order valence-electron chi connectivity index (χ3n) is 5.86. The average Bonchev–Trinajstić information content (AvgIpc) is 3.35. The van der Waals surface area contributed by atoms with Crippen LogP contribution in [0.15, 0.2) is 84.9 Å². The van der Waals surface area contributed by atoms with Crippen LogP contribution in [0.1, 0.15) is 5.56 Å². The highest BCUT2D eigenvalue weighted by Crippen LogP contribution is 2.41. The van der Waals surface area contributed by atoms with Gasteiger partial charge in [0.05, 0.1) is 24.5 Å². The number of carbonyl (C=O) groups excluding carboxylic acids is 2. The van der Waals surface area contributed by atoms with Crippen molar-refractivity contribution in [1.82, 2.24) is 0 Å². The minimum atomic E-state index is -0.904. The van der Waals surface area contributed by atoms with Crippen LogP contribution in [0.2, 0.25) is 5.02 Å². The van der Waals surface area contributed by atoms with Gasteiger partial charge >= 0.3 is 0 Å². The van der Waals surface area contributed by atoms with Crippen LogP contribution in [0, 0.1) is 5.92 Å². The van der Waals surface area contributed by atoms with E-state index in [1.54, 1.807) is 36.4 Å². The topological polar surface area (TPSA) is 59.1 Å². The third kappa shape index (κ3) is 3.88. The summed E-state index contributed by atoms with van der Waals surface area (Å²) in [5, 5.41) is 2.19. The lowest BCUT2D eigenvalue weighted by atomic mass is 9.95. The largest absolute Gasteiger partial charge is 0.497 e. The molecule has 3 aromatic carbocycles. The third-order valence-corrected chi connectivity index (χ3v) is 6.11. The van der Waals surface area contributed by atoms with Gasteiger partial charge in [-0.15, -0.1) is 0 Å². The Morgan fingerprint density at radius 2 is 1.58 bits per heavy atom. The minimum Gasteiger partial charge on any atom is -0.497 e. The number of methoxy groups -OCH3 is 1. The molecule has 166 valence electrons. The van der Waals surface area contributed by atoms with Crippen LogP contribution in [0.5, 0.6) is 5.75 Å². The van der Waals surface area contributed by atoms with Crippen LogP contribution in [0.25, 0.3) is 6.08 Å². The van der Waals surface area contributed by atoms with Gasteiger partial charge in [0, 0.05) is 5.02 Å². The lowest BCUT2D eigenvalue weighted by Gasteiger charge is -2.26. The van der Waals surface area contributed by atoms with E-state index in [1.165, 1.54) is 4.90 Å². The van der Waals surface area contributed by atoms with Gasteiger partial charge in [-0.1, -0.05) is 54.1 Å². The van der Waals surface area contributed by atoms with Gasteiger partial charge in [-0.3, -0.25) is 14.4 Å². The number of amides is 2. The van der Waals surface area contributed by atoms with E-state index in [-0.39, 0.29) is 11.8 Å². The van der Waals surface area contributed by atoms with Crippen molar-refractivity contribution < 1.29 is 19.2 Å². The van der Waals surface area contributed by atoms with Crippen LogP contribution < -0.4 is 14.7 Å². The number of fused-ring (bicyclic) bond motifs is 1. The van der Waals surface area contributed by atoms with Crippen molar-refractivity contribution in [2.45, 2.75) is 12.1 Å². The van der Waals surface area contributed by atoms with E-state index in [0.717, 1.165) is 17.0 Å². The molecule has 0 aromatic heterocycles. The summed E-state index contributed by atoms with van der Waals surface area (Å²) in [6, 6.07) is 23.2. The smallest absolute Gasteiger partial charge is 0.266 e. The number of ether oxygens (including phenoxy) is 1. The van der Waals surface area contributed by atoms with Crippen molar-refractivity contribution in [3.63, 3.8) is 0 Å². The Labute approximate surface area is 196 Å². The molecule has 0 aliphatic carbocycles.